The van der Waals surface area contributed by atoms with E-state index in [1.165, 1.54) is 12.1 Å². The number of anilines is 1. The molecule has 1 amide bonds. The van der Waals surface area contributed by atoms with Gasteiger partial charge in [-0.05, 0) is 30.7 Å². The lowest BCUT2D eigenvalue weighted by Crippen LogP contribution is -2.32. The molecule has 3 aromatic rings. The highest BCUT2D eigenvalue weighted by Crippen LogP contribution is 2.23. The number of ether oxygens (including phenoxy) is 1. The first kappa shape index (κ1) is 19.9. The fourth-order valence-electron chi connectivity index (χ4n) is 2.78. The number of para-hydroxylation sites is 2. The number of aryl methyl sites for hydroxylation is 1. The number of amides is 1. The molecule has 2 N–H and O–H groups in total. The lowest BCUT2D eigenvalue weighted by molar-refractivity contribution is -0.384. The Morgan fingerprint density at radius 1 is 1.17 bits per heavy atom. The van der Waals surface area contributed by atoms with E-state index >= 15 is 0 Å². The summed E-state index contributed by atoms with van der Waals surface area (Å²) in [4.78, 5) is 33.9. The van der Waals surface area contributed by atoms with E-state index in [0.717, 1.165) is 10.9 Å². The van der Waals surface area contributed by atoms with E-state index in [1.807, 2.05) is 6.92 Å². The second kappa shape index (κ2) is 8.87. The van der Waals surface area contributed by atoms with E-state index in [4.69, 9.17) is 9.15 Å². The van der Waals surface area contributed by atoms with Crippen molar-refractivity contribution in [1.29, 1.82) is 0 Å². The van der Waals surface area contributed by atoms with Crippen molar-refractivity contribution in [3.05, 3.63) is 74.6 Å². The smallest absolute Gasteiger partial charge is 0.336 e. The summed E-state index contributed by atoms with van der Waals surface area (Å²) >= 11 is 0. The molecule has 0 aliphatic carbocycles. The highest BCUT2D eigenvalue weighted by Gasteiger charge is 2.11. The van der Waals surface area contributed by atoms with Gasteiger partial charge in [-0.1, -0.05) is 12.1 Å². The minimum absolute atomic E-state index is 0.0275. The molecule has 2 aromatic carbocycles. The van der Waals surface area contributed by atoms with Crippen molar-refractivity contribution in [3.8, 4) is 5.75 Å². The molecule has 1 aromatic heterocycles. The van der Waals surface area contributed by atoms with Crippen LogP contribution >= 0.6 is 0 Å². The second-order valence-corrected chi connectivity index (χ2v) is 6.25. The molecule has 29 heavy (non-hydrogen) atoms. The fourth-order valence-corrected chi connectivity index (χ4v) is 2.78. The summed E-state index contributed by atoms with van der Waals surface area (Å²) in [6.45, 7) is 2.18. The minimum Gasteiger partial charge on any atom is -0.484 e. The maximum atomic E-state index is 11.9. The van der Waals surface area contributed by atoms with Gasteiger partial charge in [-0.25, -0.2) is 4.79 Å². The van der Waals surface area contributed by atoms with Crippen molar-refractivity contribution in [2.75, 3.05) is 25.0 Å². The molecule has 150 valence electrons. The molecule has 0 aliphatic heterocycles. The zero-order valence-corrected chi connectivity index (χ0v) is 15.6. The number of hydrogen-bond acceptors (Lipinski definition) is 7. The summed E-state index contributed by atoms with van der Waals surface area (Å²) in [7, 11) is 0. The first-order valence-electron chi connectivity index (χ1n) is 8.85. The average Bonchev–Trinajstić information content (AvgIpc) is 2.69. The van der Waals surface area contributed by atoms with Crippen LogP contribution in [0.4, 0.5) is 11.4 Å². The maximum Gasteiger partial charge on any atom is 0.336 e. The van der Waals surface area contributed by atoms with E-state index in [-0.39, 0.29) is 24.7 Å². The number of carbonyl (C=O) groups is 1. The third kappa shape index (κ3) is 5.10. The number of fused-ring (bicyclic) bond motifs is 1. The van der Waals surface area contributed by atoms with Crippen LogP contribution in [-0.4, -0.2) is 30.5 Å². The maximum absolute atomic E-state index is 11.9. The first-order valence-corrected chi connectivity index (χ1v) is 8.85. The largest absolute Gasteiger partial charge is 0.484 e. The zero-order chi connectivity index (χ0) is 20.8. The number of hydrogen-bond donors (Lipinski definition) is 2. The molecule has 0 spiro atoms. The van der Waals surface area contributed by atoms with E-state index in [1.54, 1.807) is 36.4 Å². The predicted octanol–water partition coefficient (Wildman–Crippen LogP) is 2.62. The highest BCUT2D eigenvalue weighted by molar-refractivity contribution is 5.81. The molecule has 0 atom stereocenters. The number of rotatable bonds is 8. The number of carbonyl (C=O) groups excluding carboxylic acids is 1. The third-order valence-electron chi connectivity index (χ3n) is 4.16. The number of benzene rings is 2. The van der Waals surface area contributed by atoms with Crippen LogP contribution in [-0.2, 0) is 4.79 Å². The van der Waals surface area contributed by atoms with Crippen molar-refractivity contribution < 1.29 is 18.9 Å². The Kier molecular flexibility index (Phi) is 6.08. The molecule has 0 radical (unpaired) electrons. The molecule has 0 saturated heterocycles. The Hall–Kier alpha value is -3.88. The second-order valence-electron chi connectivity index (χ2n) is 6.25. The monoisotopic (exact) mass is 397 g/mol. The standard InChI is InChI=1S/C20H19N3O6/c1-13-10-20(25)29-18-11-14(6-7-15(13)18)28-12-19(24)22-9-8-21-16-4-2-3-5-17(16)23(26)27/h2-7,10-11,21H,8-9,12H2,1H3,(H,22,24). The summed E-state index contributed by atoms with van der Waals surface area (Å²) < 4.78 is 10.6. The molecule has 9 nitrogen and oxygen atoms in total. The van der Waals surface area contributed by atoms with E-state index in [0.29, 0.717) is 23.6 Å². The van der Waals surface area contributed by atoms with Crippen LogP contribution in [0.15, 0.2) is 57.7 Å². The summed E-state index contributed by atoms with van der Waals surface area (Å²) in [5.41, 5.74) is 1.10. The van der Waals surface area contributed by atoms with Crippen LogP contribution in [0.25, 0.3) is 11.0 Å². The van der Waals surface area contributed by atoms with Crippen LogP contribution in [0.1, 0.15) is 5.56 Å². The summed E-state index contributed by atoms with van der Waals surface area (Å²) in [5, 5.41) is 17.3. The number of nitrogens with zero attached hydrogens (tertiary/aromatic N) is 1. The molecule has 3 rings (SSSR count). The summed E-state index contributed by atoms with van der Waals surface area (Å²) in [6, 6.07) is 12.7. The van der Waals surface area contributed by atoms with Gasteiger partial charge >= 0.3 is 5.63 Å². The van der Waals surface area contributed by atoms with Gasteiger partial charge in [-0.15, -0.1) is 0 Å². The fraction of sp³-hybridized carbons (Fsp3) is 0.200. The number of nitrogens with one attached hydrogen (secondary N) is 2. The van der Waals surface area contributed by atoms with Crippen molar-refractivity contribution in [1.82, 2.24) is 5.32 Å². The van der Waals surface area contributed by atoms with E-state index < -0.39 is 10.5 Å². The topological polar surface area (TPSA) is 124 Å². The van der Waals surface area contributed by atoms with Gasteiger partial charge in [-0.2, -0.15) is 0 Å². The van der Waals surface area contributed by atoms with Crippen LogP contribution in [0, 0.1) is 17.0 Å². The molecule has 0 unspecified atom stereocenters. The van der Waals surface area contributed by atoms with Crippen molar-refractivity contribution in [2.24, 2.45) is 0 Å². The van der Waals surface area contributed by atoms with Crippen LogP contribution in [0.3, 0.4) is 0 Å². The molecule has 9 heteroatoms. The van der Waals surface area contributed by atoms with Gasteiger partial charge in [-0.3, -0.25) is 14.9 Å². The normalized spacial score (nSPS) is 10.5. The number of nitro groups is 1. The van der Waals surface area contributed by atoms with Gasteiger partial charge in [0, 0.05) is 36.7 Å². The molecule has 1 heterocycles. The Labute approximate surface area is 165 Å². The Morgan fingerprint density at radius 3 is 2.76 bits per heavy atom. The van der Waals surface area contributed by atoms with Crippen LogP contribution in [0.5, 0.6) is 5.75 Å². The van der Waals surface area contributed by atoms with Gasteiger partial charge in [0.15, 0.2) is 6.61 Å². The van der Waals surface area contributed by atoms with Crippen molar-refractivity contribution >= 4 is 28.3 Å². The quantitative estimate of drug-likeness (QED) is 0.259. The third-order valence-corrected chi connectivity index (χ3v) is 4.16. The van der Waals surface area contributed by atoms with Crippen LogP contribution in [0.2, 0.25) is 0 Å². The number of nitro benzene ring substituents is 1. The van der Waals surface area contributed by atoms with Gasteiger partial charge in [0.25, 0.3) is 11.6 Å². The Balaban J connectivity index is 1.48. The van der Waals surface area contributed by atoms with Gasteiger partial charge in [0.05, 0.1) is 4.92 Å². The van der Waals surface area contributed by atoms with Crippen LogP contribution < -0.4 is 21.0 Å². The van der Waals surface area contributed by atoms with Gasteiger partial charge in [0.1, 0.15) is 17.0 Å². The SMILES string of the molecule is Cc1cc(=O)oc2cc(OCC(=O)NCCNc3ccccc3[N+](=O)[O-])ccc12. The zero-order valence-electron chi connectivity index (χ0n) is 15.6. The van der Waals surface area contributed by atoms with E-state index in [9.17, 15) is 19.7 Å². The summed E-state index contributed by atoms with van der Waals surface area (Å²) in [5.74, 6) is 0.0552. The van der Waals surface area contributed by atoms with E-state index in [2.05, 4.69) is 10.6 Å². The van der Waals surface area contributed by atoms with Crippen molar-refractivity contribution in [3.63, 3.8) is 0 Å². The van der Waals surface area contributed by atoms with Crippen molar-refractivity contribution in [2.45, 2.75) is 6.92 Å². The van der Waals surface area contributed by atoms with Gasteiger partial charge < -0.3 is 19.8 Å². The molecular formula is C20H19N3O6. The molecule has 0 fully saturated rings. The lowest BCUT2D eigenvalue weighted by Gasteiger charge is -2.10. The minimum atomic E-state index is -0.470. The highest BCUT2D eigenvalue weighted by atomic mass is 16.6. The van der Waals surface area contributed by atoms with Gasteiger partial charge in [0.2, 0.25) is 0 Å². The lowest BCUT2D eigenvalue weighted by atomic mass is 10.1. The molecular weight excluding hydrogens is 378 g/mol. The summed E-state index contributed by atoms with van der Waals surface area (Å²) in [6.07, 6.45) is 0. The Morgan fingerprint density at radius 2 is 1.97 bits per heavy atom. The average molecular weight is 397 g/mol. The Bertz CT molecular complexity index is 1110. The molecule has 0 bridgehead atoms. The molecule has 0 saturated carbocycles. The predicted molar refractivity (Wildman–Crippen MR) is 107 cm³/mol. The first-order chi connectivity index (χ1) is 13.9. The molecule has 0 aliphatic rings.